The minimum atomic E-state index is -0.307. The van der Waals surface area contributed by atoms with Gasteiger partial charge in [0, 0.05) is 17.3 Å². The molecule has 5 nitrogen and oxygen atoms in total. The van der Waals surface area contributed by atoms with Crippen molar-refractivity contribution in [1.82, 2.24) is 10.6 Å². The fourth-order valence-electron chi connectivity index (χ4n) is 1.84. The first-order chi connectivity index (χ1) is 9.69. The first kappa shape index (κ1) is 17.0. The third-order valence-corrected chi connectivity index (χ3v) is 2.54. The number of carbonyl (C=O) groups is 2. The Morgan fingerprint density at radius 2 is 1.76 bits per heavy atom. The highest BCUT2D eigenvalue weighted by molar-refractivity contribution is 6.01. The van der Waals surface area contributed by atoms with Gasteiger partial charge in [-0.3, -0.25) is 9.59 Å². The zero-order chi connectivity index (χ0) is 16.0. The molecule has 0 spiro atoms. The molecule has 1 rings (SSSR count). The Labute approximate surface area is 126 Å². The highest BCUT2D eigenvalue weighted by atomic mass is 16.2. The number of amides is 2. The maximum absolute atomic E-state index is 12.2. The summed E-state index contributed by atoms with van der Waals surface area (Å²) in [6.45, 7) is 9.67. The van der Waals surface area contributed by atoms with Crippen molar-refractivity contribution in [3.05, 3.63) is 29.8 Å². The van der Waals surface area contributed by atoms with Crippen molar-refractivity contribution in [2.75, 3.05) is 11.9 Å². The van der Waals surface area contributed by atoms with E-state index in [1.165, 1.54) is 0 Å². The molecule has 0 aliphatic rings. The van der Waals surface area contributed by atoms with E-state index in [4.69, 9.17) is 0 Å². The summed E-state index contributed by atoms with van der Waals surface area (Å²) < 4.78 is 0. The van der Waals surface area contributed by atoms with Gasteiger partial charge in [-0.25, -0.2) is 0 Å². The molecule has 0 bridgehead atoms. The van der Waals surface area contributed by atoms with Crippen LogP contribution in [0, 0.1) is 0 Å². The maximum atomic E-state index is 12.2. The first-order valence-corrected chi connectivity index (χ1v) is 7.14. The van der Waals surface area contributed by atoms with Crippen molar-refractivity contribution < 1.29 is 9.59 Å². The molecule has 0 radical (unpaired) electrons. The van der Waals surface area contributed by atoms with Gasteiger partial charge in [0.1, 0.15) is 0 Å². The van der Waals surface area contributed by atoms with Gasteiger partial charge in [0.2, 0.25) is 5.91 Å². The fraction of sp³-hybridized carbons (Fsp3) is 0.500. The third-order valence-electron chi connectivity index (χ3n) is 2.54. The molecule has 0 aromatic heterocycles. The number of anilines is 1. The van der Waals surface area contributed by atoms with Crippen LogP contribution in [0.5, 0.6) is 0 Å². The predicted octanol–water partition coefficient (Wildman–Crippen LogP) is 2.15. The first-order valence-electron chi connectivity index (χ1n) is 7.14. The Morgan fingerprint density at radius 1 is 1.14 bits per heavy atom. The molecule has 0 saturated heterocycles. The van der Waals surface area contributed by atoms with E-state index in [2.05, 4.69) is 16.0 Å². The molecule has 1 aromatic carbocycles. The third kappa shape index (κ3) is 6.29. The van der Waals surface area contributed by atoms with Crippen LogP contribution in [0.2, 0.25) is 0 Å². The Kier molecular flexibility index (Phi) is 5.76. The zero-order valence-corrected chi connectivity index (χ0v) is 13.4. The van der Waals surface area contributed by atoms with Gasteiger partial charge in [-0.1, -0.05) is 12.1 Å². The van der Waals surface area contributed by atoms with Gasteiger partial charge < -0.3 is 16.0 Å². The molecule has 0 aliphatic carbocycles. The molecular weight excluding hydrogens is 266 g/mol. The van der Waals surface area contributed by atoms with Crippen LogP contribution in [0.4, 0.5) is 5.69 Å². The smallest absolute Gasteiger partial charge is 0.253 e. The number of nitrogens with one attached hydrogen (secondary N) is 3. The highest BCUT2D eigenvalue weighted by Gasteiger charge is 2.16. The highest BCUT2D eigenvalue weighted by Crippen LogP contribution is 2.15. The Balaban J connectivity index is 2.66. The van der Waals surface area contributed by atoms with Crippen molar-refractivity contribution >= 4 is 17.5 Å². The van der Waals surface area contributed by atoms with E-state index >= 15 is 0 Å². The number of carbonyl (C=O) groups excluding carboxylic acids is 2. The van der Waals surface area contributed by atoms with Crippen LogP contribution < -0.4 is 16.0 Å². The second-order valence-corrected chi connectivity index (χ2v) is 6.33. The Bertz CT molecular complexity index is 504. The summed E-state index contributed by atoms with van der Waals surface area (Å²) in [4.78, 5) is 23.9. The average molecular weight is 291 g/mol. The lowest BCUT2D eigenvalue weighted by atomic mass is 10.1. The van der Waals surface area contributed by atoms with Crippen LogP contribution in [0.3, 0.4) is 0 Å². The normalized spacial score (nSPS) is 11.1. The van der Waals surface area contributed by atoms with Gasteiger partial charge in [-0.15, -0.1) is 0 Å². The predicted molar refractivity (Wildman–Crippen MR) is 85.4 cm³/mol. The van der Waals surface area contributed by atoms with Crippen molar-refractivity contribution in [2.45, 2.75) is 46.2 Å². The number of para-hydroxylation sites is 1. The van der Waals surface area contributed by atoms with Gasteiger partial charge in [-0.2, -0.15) is 0 Å². The monoisotopic (exact) mass is 291 g/mol. The quantitative estimate of drug-likeness (QED) is 0.778. The van der Waals surface area contributed by atoms with E-state index in [0.717, 1.165) is 5.69 Å². The summed E-state index contributed by atoms with van der Waals surface area (Å²) in [5.74, 6) is -0.465. The summed E-state index contributed by atoms with van der Waals surface area (Å²) in [6, 6.07) is 7.48. The number of hydrogen-bond acceptors (Lipinski definition) is 3. The van der Waals surface area contributed by atoms with E-state index in [-0.39, 0.29) is 29.9 Å². The molecule has 0 atom stereocenters. The summed E-state index contributed by atoms with van der Waals surface area (Å²) in [7, 11) is 0. The summed E-state index contributed by atoms with van der Waals surface area (Å²) in [5, 5.41) is 8.67. The molecular formula is C16H25N3O2. The maximum Gasteiger partial charge on any atom is 0.253 e. The fourth-order valence-corrected chi connectivity index (χ4v) is 1.84. The minimum Gasteiger partial charge on any atom is -0.382 e. The van der Waals surface area contributed by atoms with Crippen LogP contribution in [0.1, 0.15) is 45.0 Å². The summed E-state index contributed by atoms with van der Waals surface area (Å²) in [6.07, 6.45) is 0. The molecule has 0 aliphatic heterocycles. The van der Waals surface area contributed by atoms with Gasteiger partial charge >= 0.3 is 0 Å². The average Bonchev–Trinajstić information content (AvgIpc) is 2.34. The zero-order valence-electron chi connectivity index (χ0n) is 13.4. The molecule has 3 N–H and O–H groups in total. The van der Waals surface area contributed by atoms with Crippen LogP contribution >= 0.6 is 0 Å². The number of hydrogen-bond donors (Lipinski definition) is 3. The van der Waals surface area contributed by atoms with Crippen LogP contribution in [0.15, 0.2) is 24.3 Å². The van der Waals surface area contributed by atoms with E-state index < -0.39 is 0 Å². The Morgan fingerprint density at radius 3 is 2.33 bits per heavy atom. The van der Waals surface area contributed by atoms with E-state index in [1.807, 2.05) is 46.8 Å². The number of rotatable bonds is 5. The molecule has 0 unspecified atom stereocenters. The van der Waals surface area contributed by atoms with E-state index in [0.29, 0.717) is 5.56 Å². The van der Waals surface area contributed by atoms with Crippen molar-refractivity contribution in [3.8, 4) is 0 Å². The largest absolute Gasteiger partial charge is 0.382 e. The molecule has 5 heteroatoms. The van der Waals surface area contributed by atoms with Crippen molar-refractivity contribution in [3.63, 3.8) is 0 Å². The second kappa shape index (κ2) is 7.11. The molecule has 0 saturated carbocycles. The minimum absolute atomic E-state index is 0.0356. The number of benzene rings is 1. The van der Waals surface area contributed by atoms with Gasteiger partial charge in [0.15, 0.2) is 0 Å². The standard InChI is InChI=1S/C16H25N3O2/c1-11(2)18-13-9-7-6-8-12(13)15(21)17-10-14(20)19-16(3,4)5/h6-9,11,18H,10H2,1-5H3,(H,17,21)(H,19,20). The van der Waals surface area contributed by atoms with E-state index in [1.54, 1.807) is 12.1 Å². The molecule has 2 amide bonds. The molecule has 21 heavy (non-hydrogen) atoms. The molecule has 116 valence electrons. The van der Waals surface area contributed by atoms with Gasteiger partial charge in [0.25, 0.3) is 5.91 Å². The lowest BCUT2D eigenvalue weighted by molar-refractivity contribution is -0.121. The lowest BCUT2D eigenvalue weighted by Crippen LogP contribution is -2.45. The van der Waals surface area contributed by atoms with E-state index in [9.17, 15) is 9.59 Å². The Hall–Kier alpha value is -2.04. The van der Waals surface area contributed by atoms with Crippen LogP contribution in [-0.2, 0) is 4.79 Å². The van der Waals surface area contributed by atoms with Crippen molar-refractivity contribution in [1.29, 1.82) is 0 Å². The lowest BCUT2D eigenvalue weighted by Gasteiger charge is -2.20. The molecule has 1 aromatic rings. The van der Waals surface area contributed by atoms with Crippen LogP contribution in [0.25, 0.3) is 0 Å². The summed E-state index contributed by atoms with van der Waals surface area (Å²) in [5.41, 5.74) is 0.995. The topological polar surface area (TPSA) is 70.2 Å². The van der Waals surface area contributed by atoms with Crippen molar-refractivity contribution in [2.24, 2.45) is 0 Å². The molecule has 0 fully saturated rings. The van der Waals surface area contributed by atoms with Gasteiger partial charge in [0.05, 0.1) is 12.1 Å². The SMILES string of the molecule is CC(C)Nc1ccccc1C(=O)NCC(=O)NC(C)(C)C. The summed E-state index contributed by atoms with van der Waals surface area (Å²) >= 11 is 0. The second-order valence-electron chi connectivity index (χ2n) is 6.33. The molecule has 0 heterocycles. The van der Waals surface area contributed by atoms with Crippen LogP contribution in [-0.4, -0.2) is 29.9 Å². The van der Waals surface area contributed by atoms with Gasteiger partial charge in [-0.05, 0) is 46.8 Å².